The lowest BCUT2D eigenvalue weighted by Gasteiger charge is -2.41. The summed E-state index contributed by atoms with van der Waals surface area (Å²) in [6.45, 7) is 1.60. The molecule has 0 aliphatic carbocycles. The van der Waals surface area contributed by atoms with E-state index in [0.29, 0.717) is 5.56 Å². The van der Waals surface area contributed by atoms with Gasteiger partial charge in [0.15, 0.2) is 6.10 Å². The van der Waals surface area contributed by atoms with E-state index in [9.17, 15) is 23.4 Å². The van der Waals surface area contributed by atoms with Crippen LogP contribution in [0.1, 0.15) is 24.3 Å². The topological polar surface area (TPSA) is 71.8 Å². The molecular weight excluding hydrogens is 351 g/mol. The number of halogens is 3. The Labute approximate surface area is 148 Å². The standard InChI is InChI=1S/C18H18F3NO4/c1-10-14(23)15(24)17(16(25-10)11-6-3-2-4-7-11)26-13-9-5-8-12(22-13)18(19,20)21/h2-10,14-17,23-24H,1H3/t10-,14+,15+,16-,17-/m1/s1. The molecule has 8 heteroatoms. The summed E-state index contributed by atoms with van der Waals surface area (Å²) >= 11 is 0. The van der Waals surface area contributed by atoms with E-state index < -0.39 is 42.4 Å². The first kappa shape index (κ1) is 18.6. The van der Waals surface area contributed by atoms with Gasteiger partial charge in [0.1, 0.15) is 24.0 Å². The lowest BCUT2D eigenvalue weighted by Crippen LogP contribution is -2.55. The van der Waals surface area contributed by atoms with Gasteiger partial charge in [0.2, 0.25) is 5.88 Å². The van der Waals surface area contributed by atoms with E-state index in [-0.39, 0.29) is 5.88 Å². The second kappa shape index (κ2) is 7.22. The van der Waals surface area contributed by atoms with Crippen molar-refractivity contribution in [1.29, 1.82) is 0 Å². The third-order valence-electron chi connectivity index (χ3n) is 4.23. The molecule has 0 spiro atoms. The number of benzene rings is 1. The zero-order valence-electron chi connectivity index (χ0n) is 13.8. The van der Waals surface area contributed by atoms with Gasteiger partial charge in [-0.15, -0.1) is 0 Å². The Morgan fingerprint density at radius 3 is 2.35 bits per heavy atom. The van der Waals surface area contributed by atoms with Gasteiger partial charge >= 0.3 is 6.18 Å². The fraction of sp³-hybridized carbons (Fsp3) is 0.389. The number of aromatic nitrogens is 1. The Hall–Kier alpha value is -2.16. The van der Waals surface area contributed by atoms with E-state index in [0.717, 1.165) is 12.1 Å². The van der Waals surface area contributed by atoms with Crippen molar-refractivity contribution >= 4 is 0 Å². The summed E-state index contributed by atoms with van der Waals surface area (Å²) in [5.74, 6) is -0.310. The van der Waals surface area contributed by atoms with Crippen LogP contribution in [0, 0.1) is 0 Å². The number of hydrogen-bond acceptors (Lipinski definition) is 5. The highest BCUT2D eigenvalue weighted by molar-refractivity contribution is 5.23. The molecule has 1 aromatic heterocycles. The smallest absolute Gasteiger partial charge is 0.433 e. The van der Waals surface area contributed by atoms with Crippen molar-refractivity contribution < 1.29 is 32.9 Å². The molecule has 2 N–H and O–H groups in total. The fourth-order valence-electron chi connectivity index (χ4n) is 2.86. The average molecular weight is 369 g/mol. The van der Waals surface area contributed by atoms with Crippen molar-refractivity contribution in [2.75, 3.05) is 0 Å². The van der Waals surface area contributed by atoms with Gasteiger partial charge in [0.25, 0.3) is 0 Å². The third kappa shape index (κ3) is 3.82. The van der Waals surface area contributed by atoms with Gasteiger partial charge < -0.3 is 19.7 Å². The van der Waals surface area contributed by atoms with E-state index in [1.165, 1.54) is 6.07 Å². The van der Waals surface area contributed by atoms with Crippen molar-refractivity contribution in [1.82, 2.24) is 4.98 Å². The van der Waals surface area contributed by atoms with Crippen molar-refractivity contribution in [3.8, 4) is 5.88 Å². The Morgan fingerprint density at radius 2 is 1.69 bits per heavy atom. The Balaban J connectivity index is 1.91. The highest BCUT2D eigenvalue weighted by Crippen LogP contribution is 2.35. The summed E-state index contributed by atoms with van der Waals surface area (Å²) in [6.07, 6.45) is -9.80. The van der Waals surface area contributed by atoms with E-state index in [1.807, 2.05) is 0 Å². The summed E-state index contributed by atoms with van der Waals surface area (Å²) < 4.78 is 49.8. The third-order valence-corrected chi connectivity index (χ3v) is 4.23. The van der Waals surface area contributed by atoms with Gasteiger partial charge in [-0.2, -0.15) is 13.2 Å². The predicted molar refractivity (Wildman–Crippen MR) is 85.4 cm³/mol. The van der Waals surface area contributed by atoms with Crippen molar-refractivity contribution in [3.05, 3.63) is 59.8 Å². The molecule has 0 bridgehead atoms. The van der Waals surface area contributed by atoms with Crippen LogP contribution in [0.3, 0.4) is 0 Å². The first-order valence-electron chi connectivity index (χ1n) is 8.05. The molecule has 2 heterocycles. The van der Waals surface area contributed by atoms with Crippen LogP contribution in [0.25, 0.3) is 0 Å². The number of hydrogen-bond donors (Lipinski definition) is 2. The SMILES string of the molecule is C[C@H]1O[C@H](c2ccccc2)[C@H](Oc2cccc(C(F)(F)F)n2)[C@@H](O)[C@H]1O. The molecule has 5 nitrogen and oxygen atoms in total. The van der Waals surface area contributed by atoms with Crippen LogP contribution in [-0.4, -0.2) is 39.6 Å². The molecule has 0 amide bonds. The number of ether oxygens (including phenoxy) is 2. The van der Waals surface area contributed by atoms with Crippen LogP contribution >= 0.6 is 0 Å². The molecule has 26 heavy (non-hydrogen) atoms. The van der Waals surface area contributed by atoms with Crippen LogP contribution in [0.5, 0.6) is 5.88 Å². The van der Waals surface area contributed by atoms with E-state index in [1.54, 1.807) is 37.3 Å². The van der Waals surface area contributed by atoms with Crippen LogP contribution < -0.4 is 4.74 Å². The summed E-state index contributed by atoms with van der Waals surface area (Å²) in [6, 6.07) is 12.1. The minimum Gasteiger partial charge on any atom is -0.468 e. The Bertz CT molecular complexity index is 741. The zero-order valence-corrected chi connectivity index (χ0v) is 13.8. The predicted octanol–water partition coefficient (Wildman–Crippen LogP) is 2.73. The number of alkyl halides is 3. The molecule has 2 aromatic rings. The van der Waals surface area contributed by atoms with Crippen LogP contribution in [0.15, 0.2) is 48.5 Å². The Morgan fingerprint density at radius 1 is 1.00 bits per heavy atom. The lowest BCUT2D eigenvalue weighted by molar-refractivity contribution is -0.213. The molecule has 1 aliphatic heterocycles. The second-order valence-electron chi connectivity index (χ2n) is 6.09. The molecule has 0 saturated carbocycles. The van der Waals surface area contributed by atoms with Crippen molar-refractivity contribution in [3.63, 3.8) is 0 Å². The molecule has 0 unspecified atom stereocenters. The number of aliphatic hydroxyl groups is 2. The Kier molecular flexibility index (Phi) is 5.17. The molecule has 1 saturated heterocycles. The molecule has 3 rings (SSSR count). The van der Waals surface area contributed by atoms with Gasteiger partial charge in [-0.1, -0.05) is 36.4 Å². The fourth-order valence-corrected chi connectivity index (χ4v) is 2.86. The normalized spacial score (nSPS) is 29.4. The molecular formula is C18H18F3NO4. The monoisotopic (exact) mass is 369 g/mol. The molecule has 1 fully saturated rings. The maximum Gasteiger partial charge on any atom is 0.433 e. The number of pyridine rings is 1. The summed E-state index contributed by atoms with van der Waals surface area (Å²) in [4.78, 5) is 3.45. The van der Waals surface area contributed by atoms with Crippen LogP contribution in [0.4, 0.5) is 13.2 Å². The largest absolute Gasteiger partial charge is 0.468 e. The van der Waals surface area contributed by atoms with E-state index in [2.05, 4.69) is 4.98 Å². The van der Waals surface area contributed by atoms with Gasteiger partial charge in [0, 0.05) is 6.07 Å². The zero-order chi connectivity index (χ0) is 18.9. The minimum atomic E-state index is -4.62. The van der Waals surface area contributed by atoms with Crippen molar-refractivity contribution in [2.24, 2.45) is 0 Å². The van der Waals surface area contributed by atoms with Crippen LogP contribution in [-0.2, 0) is 10.9 Å². The van der Waals surface area contributed by atoms with Crippen molar-refractivity contribution in [2.45, 2.75) is 43.6 Å². The number of aliphatic hydroxyl groups excluding tert-OH is 2. The average Bonchev–Trinajstić information content (AvgIpc) is 2.62. The van der Waals surface area contributed by atoms with Crippen LogP contribution in [0.2, 0.25) is 0 Å². The summed E-state index contributed by atoms with van der Waals surface area (Å²) in [7, 11) is 0. The summed E-state index contributed by atoms with van der Waals surface area (Å²) in [5.41, 5.74) is -0.436. The van der Waals surface area contributed by atoms with E-state index in [4.69, 9.17) is 9.47 Å². The van der Waals surface area contributed by atoms with E-state index >= 15 is 0 Å². The first-order chi connectivity index (χ1) is 12.3. The van der Waals surface area contributed by atoms with Gasteiger partial charge in [-0.05, 0) is 18.6 Å². The molecule has 0 radical (unpaired) electrons. The quantitative estimate of drug-likeness (QED) is 0.871. The highest BCUT2D eigenvalue weighted by Gasteiger charge is 2.45. The number of nitrogens with zero attached hydrogens (tertiary/aromatic N) is 1. The second-order valence-corrected chi connectivity index (χ2v) is 6.09. The lowest BCUT2D eigenvalue weighted by atomic mass is 9.91. The van der Waals surface area contributed by atoms with Gasteiger partial charge in [-0.25, -0.2) is 4.98 Å². The minimum absolute atomic E-state index is 0.310. The van der Waals surface area contributed by atoms with Gasteiger partial charge in [-0.3, -0.25) is 0 Å². The maximum absolute atomic E-state index is 12.8. The first-order valence-corrected chi connectivity index (χ1v) is 8.05. The maximum atomic E-state index is 12.8. The molecule has 1 aliphatic rings. The molecule has 140 valence electrons. The summed E-state index contributed by atoms with van der Waals surface area (Å²) in [5, 5.41) is 20.5. The van der Waals surface area contributed by atoms with Gasteiger partial charge in [0.05, 0.1) is 6.10 Å². The molecule has 1 aromatic carbocycles. The number of rotatable bonds is 3. The molecule has 5 atom stereocenters. The highest BCUT2D eigenvalue weighted by atomic mass is 19.4.